The van der Waals surface area contributed by atoms with Gasteiger partial charge >= 0.3 is 0 Å². The Balaban J connectivity index is 2.16. The summed E-state index contributed by atoms with van der Waals surface area (Å²) in [5.41, 5.74) is 0.778. The molecule has 2 aromatic rings. The minimum atomic E-state index is -0.239. The average Bonchev–Trinajstić information content (AvgIpc) is 3.04. The normalized spacial score (nSPS) is 12.4. The Morgan fingerprint density at radius 3 is 2.52 bits per heavy atom. The van der Waals surface area contributed by atoms with E-state index in [-0.39, 0.29) is 6.10 Å². The zero-order valence-electron chi connectivity index (χ0n) is 14.3. The molecule has 6 nitrogen and oxygen atoms in total. The lowest BCUT2D eigenvalue weighted by Crippen LogP contribution is -2.02. The first-order valence-electron chi connectivity index (χ1n) is 7.72. The van der Waals surface area contributed by atoms with E-state index in [1.54, 1.807) is 14.2 Å². The molecule has 2 rings (SSSR count). The molecular weight excluding hydrogens is 296 g/mol. The molecule has 0 N–H and O–H groups in total. The first kappa shape index (κ1) is 17.3. The number of methoxy groups -OCH3 is 2. The largest absolute Gasteiger partial charge is 0.493 e. The summed E-state index contributed by atoms with van der Waals surface area (Å²) in [6.45, 7) is 6.84. The lowest BCUT2D eigenvalue weighted by atomic mass is 10.1. The second kappa shape index (κ2) is 7.97. The van der Waals surface area contributed by atoms with Gasteiger partial charge in [-0.3, -0.25) is 0 Å². The van der Waals surface area contributed by atoms with E-state index in [1.165, 1.54) is 0 Å². The van der Waals surface area contributed by atoms with Crippen molar-refractivity contribution in [2.45, 2.75) is 33.3 Å². The smallest absolute Gasteiger partial charge is 0.248 e. The van der Waals surface area contributed by atoms with E-state index in [1.807, 2.05) is 25.1 Å². The van der Waals surface area contributed by atoms with E-state index >= 15 is 0 Å². The van der Waals surface area contributed by atoms with Crippen molar-refractivity contribution < 1.29 is 18.6 Å². The number of benzene rings is 1. The van der Waals surface area contributed by atoms with Crippen LogP contribution in [-0.4, -0.2) is 31.0 Å². The summed E-state index contributed by atoms with van der Waals surface area (Å²) in [5.74, 6) is 2.82. The van der Waals surface area contributed by atoms with E-state index in [0.717, 1.165) is 12.0 Å². The van der Waals surface area contributed by atoms with Crippen LogP contribution in [0.1, 0.15) is 39.2 Å². The van der Waals surface area contributed by atoms with Crippen molar-refractivity contribution in [2.75, 3.05) is 20.8 Å². The Hall–Kier alpha value is -2.08. The molecule has 1 unspecified atom stereocenters. The number of hydrogen-bond donors (Lipinski definition) is 0. The number of ether oxygens (including phenoxy) is 3. The monoisotopic (exact) mass is 320 g/mol. The van der Waals surface area contributed by atoms with E-state index in [4.69, 9.17) is 18.6 Å². The Kier molecular flexibility index (Phi) is 5.98. The maximum atomic E-state index is 5.78. The number of rotatable bonds is 8. The summed E-state index contributed by atoms with van der Waals surface area (Å²) in [4.78, 5) is 0. The highest BCUT2D eigenvalue weighted by Crippen LogP contribution is 2.32. The van der Waals surface area contributed by atoms with Gasteiger partial charge in [0.25, 0.3) is 0 Å². The Labute approximate surface area is 136 Å². The van der Waals surface area contributed by atoms with Crippen molar-refractivity contribution in [3.63, 3.8) is 0 Å². The molecule has 1 aromatic heterocycles. The molecule has 1 atom stereocenters. The molecule has 23 heavy (non-hydrogen) atoms. The molecule has 1 aromatic carbocycles. The van der Waals surface area contributed by atoms with Crippen LogP contribution in [0.3, 0.4) is 0 Å². The molecule has 0 bridgehead atoms. The van der Waals surface area contributed by atoms with Crippen molar-refractivity contribution in [1.29, 1.82) is 0 Å². The number of nitrogens with zero attached hydrogens (tertiary/aromatic N) is 2. The van der Waals surface area contributed by atoms with Crippen molar-refractivity contribution in [2.24, 2.45) is 5.92 Å². The van der Waals surface area contributed by atoms with Gasteiger partial charge in [0.05, 0.1) is 13.7 Å². The van der Waals surface area contributed by atoms with E-state index in [0.29, 0.717) is 35.8 Å². The molecule has 0 aliphatic carbocycles. The average molecular weight is 320 g/mol. The predicted octanol–water partition coefficient (Wildman–Crippen LogP) is 3.88. The third-order valence-corrected chi connectivity index (χ3v) is 3.51. The summed E-state index contributed by atoms with van der Waals surface area (Å²) >= 11 is 0. The first-order valence-corrected chi connectivity index (χ1v) is 7.72. The van der Waals surface area contributed by atoms with Crippen molar-refractivity contribution in [3.8, 4) is 23.0 Å². The first-order chi connectivity index (χ1) is 11.0. The van der Waals surface area contributed by atoms with Crippen LogP contribution in [0.2, 0.25) is 0 Å². The van der Waals surface area contributed by atoms with Gasteiger partial charge in [-0.2, -0.15) is 0 Å². The van der Waals surface area contributed by atoms with Crippen LogP contribution in [0, 0.1) is 5.92 Å². The van der Waals surface area contributed by atoms with Crippen LogP contribution in [0.25, 0.3) is 11.5 Å². The van der Waals surface area contributed by atoms with Gasteiger partial charge in [-0.25, -0.2) is 0 Å². The molecule has 0 saturated carbocycles. The SMILES string of the molecule is COc1cc(-c2nnc(C(C)OC)o2)ccc1OCCC(C)C. The second-order valence-corrected chi connectivity index (χ2v) is 5.72. The maximum Gasteiger partial charge on any atom is 0.248 e. The van der Waals surface area contributed by atoms with E-state index in [2.05, 4.69) is 24.0 Å². The van der Waals surface area contributed by atoms with E-state index in [9.17, 15) is 0 Å². The highest BCUT2D eigenvalue weighted by Gasteiger charge is 2.16. The zero-order valence-corrected chi connectivity index (χ0v) is 14.3. The van der Waals surface area contributed by atoms with Crippen LogP contribution in [-0.2, 0) is 4.74 Å². The van der Waals surface area contributed by atoms with Gasteiger partial charge in [0.2, 0.25) is 11.8 Å². The maximum absolute atomic E-state index is 5.78. The molecule has 0 spiro atoms. The van der Waals surface area contributed by atoms with E-state index < -0.39 is 0 Å². The topological polar surface area (TPSA) is 66.6 Å². The fraction of sp³-hybridized carbons (Fsp3) is 0.529. The summed E-state index contributed by atoms with van der Waals surface area (Å²) in [6, 6.07) is 5.57. The summed E-state index contributed by atoms with van der Waals surface area (Å²) in [5, 5.41) is 8.05. The Morgan fingerprint density at radius 1 is 1.09 bits per heavy atom. The predicted molar refractivity (Wildman–Crippen MR) is 86.7 cm³/mol. The van der Waals surface area contributed by atoms with Crippen LogP contribution in [0.5, 0.6) is 11.5 Å². The Morgan fingerprint density at radius 2 is 1.87 bits per heavy atom. The lowest BCUT2D eigenvalue weighted by molar-refractivity contribution is 0.0952. The molecule has 0 saturated heterocycles. The van der Waals surface area contributed by atoms with Gasteiger partial charge in [0.1, 0.15) is 6.10 Å². The molecule has 0 fully saturated rings. The van der Waals surface area contributed by atoms with Gasteiger partial charge in [0, 0.05) is 12.7 Å². The van der Waals surface area contributed by atoms with Gasteiger partial charge in [-0.05, 0) is 37.5 Å². The van der Waals surface area contributed by atoms with Crippen molar-refractivity contribution in [3.05, 3.63) is 24.1 Å². The van der Waals surface area contributed by atoms with Crippen LogP contribution < -0.4 is 9.47 Å². The van der Waals surface area contributed by atoms with Gasteiger partial charge in [0.15, 0.2) is 11.5 Å². The fourth-order valence-corrected chi connectivity index (χ4v) is 1.94. The summed E-state index contributed by atoms with van der Waals surface area (Å²) in [7, 11) is 3.21. The molecule has 0 amide bonds. The molecule has 0 aliphatic heterocycles. The van der Waals surface area contributed by atoms with Crippen LogP contribution in [0.15, 0.2) is 22.6 Å². The molecule has 0 aliphatic rings. The number of hydrogen-bond acceptors (Lipinski definition) is 6. The minimum Gasteiger partial charge on any atom is -0.493 e. The third-order valence-electron chi connectivity index (χ3n) is 3.51. The summed E-state index contributed by atoms with van der Waals surface area (Å²) < 4.78 is 22.0. The third kappa shape index (κ3) is 4.45. The standard InChI is InChI=1S/C17H24N2O4/c1-11(2)8-9-22-14-7-6-13(10-15(14)21-5)17-19-18-16(23-17)12(3)20-4/h6-7,10-12H,8-9H2,1-5H3. The fourth-order valence-electron chi connectivity index (χ4n) is 1.94. The minimum absolute atomic E-state index is 0.239. The van der Waals surface area contributed by atoms with Crippen LogP contribution >= 0.6 is 0 Å². The van der Waals surface area contributed by atoms with Crippen molar-refractivity contribution >= 4 is 0 Å². The molecule has 126 valence electrons. The Bertz CT molecular complexity index is 625. The van der Waals surface area contributed by atoms with Crippen molar-refractivity contribution in [1.82, 2.24) is 10.2 Å². The number of aromatic nitrogens is 2. The van der Waals surface area contributed by atoms with Gasteiger partial charge in [-0.15, -0.1) is 10.2 Å². The quantitative estimate of drug-likeness (QED) is 0.735. The van der Waals surface area contributed by atoms with Gasteiger partial charge in [-0.1, -0.05) is 13.8 Å². The molecule has 6 heteroatoms. The van der Waals surface area contributed by atoms with Gasteiger partial charge < -0.3 is 18.6 Å². The summed E-state index contributed by atoms with van der Waals surface area (Å²) in [6.07, 6.45) is 0.754. The molecular formula is C17H24N2O4. The van der Waals surface area contributed by atoms with Crippen LogP contribution in [0.4, 0.5) is 0 Å². The lowest BCUT2D eigenvalue weighted by Gasteiger charge is -2.12. The highest BCUT2D eigenvalue weighted by atomic mass is 16.5. The second-order valence-electron chi connectivity index (χ2n) is 5.72. The highest BCUT2D eigenvalue weighted by molar-refractivity contribution is 5.59. The molecule has 0 radical (unpaired) electrons. The molecule has 1 heterocycles. The zero-order chi connectivity index (χ0) is 16.8.